The number of benzene rings is 4. The van der Waals surface area contributed by atoms with Crippen LogP contribution in [-0.4, -0.2) is 9.13 Å². The van der Waals surface area contributed by atoms with E-state index >= 15 is 0 Å². The standard InChI is InChI=1S/C32H20N4/c33-21-29(23-9-13-27(14-10-23)35-19-17-25-5-1-3-7-31(25)35)30(22-34)24-11-15-28(16-12-24)36-20-18-26-6-2-4-8-32(26)36/h1-20H/b30-29+. The van der Waals surface area contributed by atoms with Gasteiger partial charge in [-0.2, -0.15) is 10.5 Å². The van der Waals surface area contributed by atoms with Gasteiger partial charge in [-0.05, 0) is 70.4 Å². The monoisotopic (exact) mass is 460 g/mol. The van der Waals surface area contributed by atoms with Crippen molar-refractivity contribution >= 4 is 33.0 Å². The van der Waals surface area contributed by atoms with Crippen molar-refractivity contribution in [2.24, 2.45) is 0 Å². The highest BCUT2D eigenvalue weighted by Crippen LogP contribution is 2.29. The van der Waals surface area contributed by atoms with E-state index in [2.05, 4.69) is 57.7 Å². The minimum atomic E-state index is 0.362. The van der Waals surface area contributed by atoms with Gasteiger partial charge in [0.15, 0.2) is 0 Å². The first-order chi connectivity index (χ1) is 17.8. The number of para-hydroxylation sites is 2. The number of hydrogen-bond acceptors (Lipinski definition) is 2. The summed E-state index contributed by atoms with van der Waals surface area (Å²) < 4.78 is 4.23. The molecule has 4 heteroatoms. The molecular formula is C32H20N4. The fourth-order valence-corrected chi connectivity index (χ4v) is 4.72. The molecule has 0 fully saturated rings. The molecule has 0 amide bonds. The van der Waals surface area contributed by atoms with Crippen molar-refractivity contribution in [2.75, 3.05) is 0 Å². The predicted molar refractivity (Wildman–Crippen MR) is 145 cm³/mol. The Morgan fingerprint density at radius 2 is 0.861 bits per heavy atom. The number of allylic oxidation sites excluding steroid dienone is 2. The van der Waals surface area contributed by atoms with Crippen LogP contribution in [0.1, 0.15) is 11.1 Å². The zero-order chi connectivity index (χ0) is 24.5. The molecule has 0 aliphatic carbocycles. The second-order valence-corrected chi connectivity index (χ2v) is 8.56. The van der Waals surface area contributed by atoms with Crippen LogP contribution in [0.5, 0.6) is 0 Å². The van der Waals surface area contributed by atoms with Crippen molar-refractivity contribution in [3.63, 3.8) is 0 Å². The highest BCUT2D eigenvalue weighted by molar-refractivity contribution is 6.02. The Balaban J connectivity index is 1.36. The zero-order valence-corrected chi connectivity index (χ0v) is 19.3. The van der Waals surface area contributed by atoms with Gasteiger partial charge in [0, 0.05) is 23.8 Å². The molecule has 36 heavy (non-hydrogen) atoms. The zero-order valence-electron chi connectivity index (χ0n) is 19.3. The minimum absolute atomic E-state index is 0.362. The third-order valence-corrected chi connectivity index (χ3v) is 6.54. The van der Waals surface area contributed by atoms with Gasteiger partial charge in [0.1, 0.15) is 12.1 Å². The van der Waals surface area contributed by atoms with Gasteiger partial charge in [0.2, 0.25) is 0 Å². The van der Waals surface area contributed by atoms with Gasteiger partial charge < -0.3 is 9.13 Å². The lowest BCUT2D eigenvalue weighted by Gasteiger charge is -2.10. The second kappa shape index (κ2) is 8.80. The van der Waals surface area contributed by atoms with E-state index in [4.69, 9.17) is 0 Å². The summed E-state index contributed by atoms with van der Waals surface area (Å²) in [4.78, 5) is 0. The molecule has 0 saturated heterocycles. The molecule has 4 nitrogen and oxygen atoms in total. The van der Waals surface area contributed by atoms with Crippen LogP contribution in [0.15, 0.2) is 122 Å². The van der Waals surface area contributed by atoms with Crippen LogP contribution in [0.3, 0.4) is 0 Å². The van der Waals surface area contributed by atoms with Gasteiger partial charge >= 0.3 is 0 Å². The lowest BCUT2D eigenvalue weighted by atomic mass is 9.96. The third kappa shape index (κ3) is 3.55. The molecule has 0 saturated carbocycles. The average Bonchev–Trinajstić information content (AvgIpc) is 3.57. The van der Waals surface area contributed by atoms with Gasteiger partial charge in [-0.3, -0.25) is 0 Å². The molecule has 0 atom stereocenters. The van der Waals surface area contributed by atoms with E-state index in [0.29, 0.717) is 11.1 Å². The Morgan fingerprint density at radius 1 is 0.472 bits per heavy atom. The number of aromatic nitrogens is 2. The highest BCUT2D eigenvalue weighted by atomic mass is 15.0. The van der Waals surface area contributed by atoms with Crippen molar-refractivity contribution in [3.05, 3.63) is 133 Å². The van der Waals surface area contributed by atoms with E-state index in [-0.39, 0.29) is 0 Å². The summed E-state index contributed by atoms with van der Waals surface area (Å²) in [5, 5.41) is 22.3. The maximum absolute atomic E-state index is 9.99. The summed E-state index contributed by atoms with van der Waals surface area (Å²) in [6.45, 7) is 0. The molecule has 0 aliphatic heterocycles. The SMILES string of the molecule is N#C/C(=C(/C#N)c1ccc(-n2ccc3ccccc32)cc1)c1ccc(-n2ccc3ccccc32)cc1. The normalized spacial score (nSPS) is 11.7. The molecule has 0 N–H and O–H groups in total. The minimum Gasteiger partial charge on any atom is -0.317 e. The quantitative estimate of drug-likeness (QED) is 0.202. The molecule has 2 heterocycles. The molecule has 0 aliphatic rings. The molecule has 2 aromatic heterocycles. The highest BCUT2D eigenvalue weighted by Gasteiger charge is 2.13. The number of nitrogens with zero attached hydrogens (tertiary/aromatic N) is 4. The van der Waals surface area contributed by atoms with Gasteiger partial charge in [-0.1, -0.05) is 60.7 Å². The first-order valence-electron chi connectivity index (χ1n) is 11.6. The van der Waals surface area contributed by atoms with Gasteiger partial charge in [-0.15, -0.1) is 0 Å². The first-order valence-corrected chi connectivity index (χ1v) is 11.6. The maximum Gasteiger partial charge on any atom is 0.101 e. The molecule has 168 valence electrons. The second-order valence-electron chi connectivity index (χ2n) is 8.56. The van der Waals surface area contributed by atoms with Crippen molar-refractivity contribution in [1.29, 1.82) is 10.5 Å². The largest absolute Gasteiger partial charge is 0.317 e. The van der Waals surface area contributed by atoms with Crippen molar-refractivity contribution in [1.82, 2.24) is 9.13 Å². The van der Waals surface area contributed by atoms with E-state index in [1.807, 2.05) is 85.2 Å². The molecule has 0 bridgehead atoms. The smallest absolute Gasteiger partial charge is 0.101 e. The van der Waals surface area contributed by atoms with E-state index in [1.165, 1.54) is 10.8 Å². The summed E-state index contributed by atoms with van der Waals surface area (Å²) >= 11 is 0. The Morgan fingerprint density at radius 3 is 1.25 bits per heavy atom. The maximum atomic E-state index is 9.99. The van der Waals surface area contributed by atoms with Crippen molar-refractivity contribution in [3.8, 4) is 23.5 Å². The Kier molecular flexibility index (Phi) is 5.19. The fourth-order valence-electron chi connectivity index (χ4n) is 4.72. The Hall–Kier alpha value is -5.32. The van der Waals surface area contributed by atoms with Crippen LogP contribution in [-0.2, 0) is 0 Å². The number of rotatable bonds is 4. The summed E-state index contributed by atoms with van der Waals surface area (Å²) in [6, 6.07) is 40.6. The lowest BCUT2D eigenvalue weighted by molar-refractivity contribution is 1.13. The third-order valence-electron chi connectivity index (χ3n) is 6.54. The van der Waals surface area contributed by atoms with Gasteiger partial charge in [0.25, 0.3) is 0 Å². The Labute approximate surface area is 208 Å². The molecule has 0 unspecified atom stereocenters. The molecule has 0 radical (unpaired) electrons. The molecule has 6 aromatic rings. The van der Waals surface area contributed by atoms with E-state index in [1.54, 1.807) is 0 Å². The molecule has 6 rings (SSSR count). The molecule has 0 spiro atoms. The summed E-state index contributed by atoms with van der Waals surface area (Å²) in [5.74, 6) is 0. The van der Waals surface area contributed by atoms with E-state index < -0.39 is 0 Å². The number of hydrogen-bond donors (Lipinski definition) is 0. The molecular weight excluding hydrogens is 440 g/mol. The Bertz CT molecular complexity index is 1700. The van der Waals surface area contributed by atoms with Crippen molar-refractivity contribution in [2.45, 2.75) is 0 Å². The van der Waals surface area contributed by atoms with Crippen molar-refractivity contribution < 1.29 is 0 Å². The van der Waals surface area contributed by atoms with Gasteiger partial charge in [-0.25, -0.2) is 0 Å². The van der Waals surface area contributed by atoms with Gasteiger partial charge in [0.05, 0.1) is 22.2 Å². The van der Waals surface area contributed by atoms with E-state index in [9.17, 15) is 10.5 Å². The summed E-state index contributed by atoms with van der Waals surface area (Å²) in [7, 11) is 0. The number of nitriles is 2. The predicted octanol–water partition coefficient (Wildman–Crippen LogP) is 7.53. The summed E-state index contributed by atoms with van der Waals surface area (Å²) in [6.07, 6.45) is 4.08. The average molecular weight is 461 g/mol. The van der Waals surface area contributed by atoms with Crippen LogP contribution >= 0.6 is 0 Å². The van der Waals surface area contributed by atoms with Crippen LogP contribution in [0.2, 0.25) is 0 Å². The molecule has 4 aromatic carbocycles. The van der Waals surface area contributed by atoms with Crippen LogP contribution < -0.4 is 0 Å². The van der Waals surface area contributed by atoms with Crippen LogP contribution in [0.4, 0.5) is 0 Å². The lowest BCUT2D eigenvalue weighted by Crippen LogP contribution is -1.95. The van der Waals surface area contributed by atoms with E-state index in [0.717, 1.165) is 33.5 Å². The van der Waals surface area contributed by atoms with Crippen LogP contribution in [0, 0.1) is 22.7 Å². The fraction of sp³-hybridized carbons (Fsp3) is 0. The number of fused-ring (bicyclic) bond motifs is 2. The first kappa shape index (κ1) is 21.2. The summed E-state index contributed by atoms with van der Waals surface area (Å²) in [5.41, 5.74) is 6.40. The van der Waals surface area contributed by atoms with Crippen LogP contribution in [0.25, 0.3) is 44.3 Å². The topological polar surface area (TPSA) is 57.4 Å².